The number of benzene rings is 3. The largest absolute Gasteiger partial charge is 0.348 e. The molecule has 3 aromatic carbocycles. The van der Waals surface area contributed by atoms with Gasteiger partial charge in [-0.25, -0.2) is 0 Å². The Morgan fingerprint density at radius 3 is 1.19 bits per heavy atom. The van der Waals surface area contributed by atoms with E-state index in [0.29, 0.717) is 11.1 Å². The van der Waals surface area contributed by atoms with Gasteiger partial charge in [-0.1, -0.05) is 117 Å². The van der Waals surface area contributed by atoms with Gasteiger partial charge in [0, 0.05) is 37.1 Å². The number of nitrogens with zero attached hydrogens (tertiary/aromatic N) is 2. The molecule has 0 bridgehead atoms. The van der Waals surface area contributed by atoms with Crippen LogP contribution in [0.5, 0.6) is 0 Å². The summed E-state index contributed by atoms with van der Waals surface area (Å²) in [6, 6.07) is 20.5. The molecule has 16 nitrogen and oxygen atoms in total. The molecule has 0 radical (unpaired) electrons. The highest BCUT2D eigenvalue weighted by atomic mass is 35.5. The van der Waals surface area contributed by atoms with Crippen molar-refractivity contribution in [2.24, 2.45) is 23.7 Å². The number of hydrogen-bond acceptors (Lipinski definition) is 10. The smallest absolute Gasteiger partial charge is 0.246 e. The van der Waals surface area contributed by atoms with Gasteiger partial charge in [-0.3, -0.25) is 38.4 Å². The molecule has 4 fully saturated rings. The van der Waals surface area contributed by atoms with Crippen LogP contribution >= 0.6 is 24.8 Å². The summed E-state index contributed by atoms with van der Waals surface area (Å²) in [7, 11) is 3.37. The van der Waals surface area contributed by atoms with E-state index in [2.05, 4.69) is 31.9 Å². The van der Waals surface area contributed by atoms with Crippen LogP contribution in [0, 0.1) is 23.7 Å². The molecule has 3 aromatic rings. The van der Waals surface area contributed by atoms with Crippen LogP contribution in [0.1, 0.15) is 162 Å². The van der Waals surface area contributed by atoms with Gasteiger partial charge >= 0.3 is 0 Å². The van der Waals surface area contributed by atoms with Crippen molar-refractivity contribution in [2.45, 2.75) is 166 Å². The first-order valence-corrected chi connectivity index (χ1v) is 28.0. The van der Waals surface area contributed by atoms with Gasteiger partial charge in [-0.15, -0.1) is 24.8 Å². The third-order valence-electron chi connectivity index (χ3n) is 16.7. The summed E-state index contributed by atoms with van der Waals surface area (Å²) in [6.45, 7) is 7.52. The predicted octanol–water partition coefficient (Wildman–Crippen LogP) is 7.21. The molecule has 78 heavy (non-hydrogen) atoms. The average molecular weight is 1120 g/mol. The summed E-state index contributed by atoms with van der Waals surface area (Å²) < 4.78 is 0. The number of likely N-dealkylation sites (tertiary alicyclic amines) is 2. The molecular weight excluding hydrogens is 1030 g/mol. The minimum Gasteiger partial charge on any atom is -0.348 e. The fraction of sp³-hybridized carbons (Fsp3) is 0.567. The number of carbonyl (C=O) groups excluding carboxylic acids is 8. The lowest BCUT2D eigenvalue weighted by Gasteiger charge is -2.35. The SMILES string of the molecule is CN[C@@H](C)C(=O)N[C@H](C(=O)N1C[C@@H](CC(=O)c2cccc(C(=O)C[C@H]3C[C@@H](C(=O)N[C@H](C)c4ccccc4)N(C(=O)[C@@H](NC(=O)[C@H](C)NC)C4CCCCC4)C3)c2)C[C@H]1C(=O)N[C@H](C)c1ccccc1)C1CCCCC1.Cl.Cl. The van der Waals surface area contributed by atoms with Gasteiger partial charge < -0.3 is 41.7 Å². The van der Waals surface area contributed by atoms with Crippen LogP contribution in [0.2, 0.25) is 0 Å². The van der Waals surface area contributed by atoms with Crippen LogP contribution in [0.25, 0.3) is 0 Å². The summed E-state index contributed by atoms with van der Waals surface area (Å²) >= 11 is 0. The summed E-state index contributed by atoms with van der Waals surface area (Å²) in [6.07, 6.45) is 9.44. The lowest BCUT2D eigenvalue weighted by atomic mass is 9.83. The Kier molecular flexibility index (Phi) is 24.3. The maximum absolute atomic E-state index is 14.9. The van der Waals surface area contributed by atoms with E-state index in [4.69, 9.17) is 0 Å². The molecular formula is C60H84Cl2N8O8. The van der Waals surface area contributed by atoms with Gasteiger partial charge in [-0.05, 0) is 121 Å². The zero-order chi connectivity index (χ0) is 54.5. The maximum atomic E-state index is 14.9. The van der Waals surface area contributed by atoms with Crippen molar-refractivity contribution >= 4 is 71.8 Å². The Balaban J connectivity index is 0.00000560. The van der Waals surface area contributed by atoms with Gasteiger partial charge in [0.25, 0.3) is 0 Å². The second-order valence-electron chi connectivity index (χ2n) is 22.1. The molecule has 2 saturated heterocycles. The quantitative estimate of drug-likeness (QED) is 0.0556. The van der Waals surface area contributed by atoms with Crippen molar-refractivity contribution in [1.82, 2.24) is 41.7 Å². The number of hydrogen-bond donors (Lipinski definition) is 6. The Bertz CT molecular complexity index is 2340. The molecule has 4 aliphatic rings. The molecule has 0 unspecified atom stereocenters. The Morgan fingerprint density at radius 1 is 0.487 bits per heavy atom. The van der Waals surface area contributed by atoms with E-state index >= 15 is 0 Å². The summed E-state index contributed by atoms with van der Waals surface area (Å²) in [5.74, 6) is -3.38. The third-order valence-corrected chi connectivity index (χ3v) is 16.7. The minimum atomic E-state index is -0.884. The lowest BCUT2D eigenvalue weighted by Crippen LogP contribution is -2.58. The van der Waals surface area contributed by atoms with Gasteiger partial charge in [0.05, 0.1) is 24.2 Å². The van der Waals surface area contributed by atoms with Crippen molar-refractivity contribution in [2.75, 3.05) is 27.2 Å². The number of ketones is 2. The van der Waals surface area contributed by atoms with Gasteiger partial charge in [0.15, 0.2) is 11.6 Å². The number of amides is 6. The second kappa shape index (κ2) is 30.1. The maximum Gasteiger partial charge on any atom is 0.246 e. The first kappa shape index (κ1) is 63.2. The molecule has 0 spiro atoms. The standard InChI is InChI=1S/C60H82N8O8.2ClH/c1-37(43-20-11-7-12-21-43)63-57(73)49-30-41(35-67(49)59(75)53(45-24-15-9-16-25-45)65-55(71)39(3)61-5)32-51(69)47-28-19-29-48(34-47)52(70)33-42-31-50(58(74)64-38(2)44-22-13-8-14-23-44)68(36-42)60(76)54(46-26-17-10-18-27-46)66-56(72)40(4)62-6;;/h7-8,11-14,19-23,28-29,34,37-42,45-46,49-50,53-54,61-62H,9-10,15-18,24-27,30-33,35-36H2,1-6H3,(H,63,73)(H,64,74)(H,65,71)(H,66,72);2*1H/t37-,38-,39+,40+,41-,42-,49+,50+,53+,54+;;/m1../s1. The summed E-state index contributed by atoms with van der Waals surface area (Å²) in [5.41, 5.74) is 2.45. The van der Waals surface area contributed by atoms with Crippen LogP contribution in [0.3, 0.4) is 0 Å². The molecule has 0 aromatic heterocycles. The monoisotopic (exact) mass is 1110 g/mol. The number of likely N-dealkylation sites (N-methyl/N-ethyl adjacent to an activating group) is 2. The van der Waals surface area contributed by atoms with E-state index < -0.39 is 48.1 Å². The molecule has 2 saturated carbocycles. The van der Waals surface area contributed by atoms with Crippen LogP contribution in [-0.4, -0.2) is 120 Å². The second-order valence-corrected chi connectivity index (χ2v) is 22.1. The van der Waals surface area contributed by atoms with Crippen LogP contribution in [0.15, 0.2) is 84.9 Å². The molecule has 2 heterocycles. The highest BCUT2D eigenvalue weighted by Crippen LogP contribution is 2.35. The van der Waals surface area contributed by atoms with E-state index in [1.807, 2.05) is 74.5 Å². The summed E-state index contributed by atoms with van der Waals surface area (Å²) in [4.78, 5) is 117. The molecule has 426 valence electrons. The zero-order valence-electron chi connectivity index (χ0n) is 46.3. The van der Waals surface area contributed by atoms with E-state index in [-0.39, 0.29) is 135 Å². The van der Waals surface area contributed by atoms with Crippen molar-refractivity contribution in [3.05, 3.63) is 107 Å². The number of nitrogens with one attached hydrogen (secondary N) is 6. The molecule has 2 aliphatic carbocycles. The van der Waals surface area contributed by atoms with E-state index in [0.717, 1.165) is 75.3 Å². The number of rotatable bonds is 22. The van der Waals surface area contributed by atoms with E-state index in [1.165, 1.54) is 0 Å². The highest BCUT2D eigenvalue weighted by Gasteiger charge is 2.47. The topological polar surface area (TPSA) is 215 Å². The van der Waals surface area contributed by atoms with E-state index in [1.54, 1.807) is 62.0 Å². The van der Waals surface area contributed by atoms with E-state index in [9.17, 15) is 38.4 Å². The molecule has 6 amide bonds. The predicted molar refractivity (Wildman–Crippen MR) is 306 cm³/mol. The minimum absolute atomic E-state index is 0. The average Bonchev–Trinajstić information content (AvgIpc) is 4.08. The van der Waals surface area contributed by atoms with Gasteiger partial charge in [0.2, 0.25) is 35.4 Å². The summed E-state index contributed by atoms with van der Waals surface area (Å²) in [5, 5.41) is 18.2. The first-order chi connectivity index (χ1) is 36.6. The third kappa shape index (κ3) is 16.2. The molecule has 2 aliphatic heterocycles. The lowest BCUT2D eigenvalue weighted by molar-refractivity contribution is -0.143. The molecule has 6 N–H and O–H groups in total. The van der Waals surface area contributed by atoms with Crippen molar-refractivity contribution in [3.63, 3.8) is 0 Å². The number of Topliss-reactive ketones (excluding diaryl/α,β-unsaturated/α-hetero) is 2. The van der Waals surface area contributed by atoms with Gasteiger partial charge in [-0.2, -0.15) is 0 Å². The Morgan fingerprint density at radius 2 is 0.846 bits per heavy atom. The van der Waals surface area contributed by atoms with Crippen LogP contribution < -0.4 is 31.9 Å². The fourth-order valence-corrected chi connectivity index (χ4v) is 11.9. The van der Waals surface area contributed by atoms with Gasteiger partial charge in [0.1, 0.15) is 24.2 Å². The zero-order valence-corrected chi connectivity index (χ0v) is 47.9. The fourth-order valence-electron chi connectivity index (χ4n) is 11.9. The van der Waals surface area contributed by atoms with Crippen LogP contribution in [-0.2, 0) is 28.8 Å². The van der Waals surface area contributed by atoms with Crippen molar-refractivity contribution < 1.29 is 38.4 Å². The van der Waals surface area contributed by atoms with Crippen molar-refractivity contribution in [3.8, 4) is 0 Å². The highest BCUT2D eigenvalue weighted by molar-refractivity contribution is 6.02. The van der Waals surface area contributed by atoms with Crippen molar-refractivity contribution in [1.29, 1.82) is 0 Å². The number of carbonyl (C=O) groups is 8. The Labute approximate surface area is 473 Å². The Hall–Kier alpha value is -5.68. The normalized spacial score (nSPS) is 22.0. The molecule has 7 rings (SSSR count). The molecule has 18 heteroatoms. The first-order valence-electron chi connectivity index (χ1n) is 28.0. The van der Waals surface area contributed by atoms with Crippen LogP contribution in [0.4, 0.5) is 0 Å². The number of halogens is 2. The molecule has 10 atom stereocenters.